The molecule has 6 heteroatoms. The summed E-state index contributed by atoms with van der Waals surface area (Å²) in [6, 6.07) is -0.252. The summed E-state index contributed by atoms with van der Waals surface area (Å²) in [5.41, 5.74) is 0.644. The van der Waals surface area contributed by atoms with Crippen molar-refractivity contribution >= 4 is 17.5 Å². The van der Waals surface area contributed by atoms with Crippen molar-refractivity contribution < 1.29 is 9.59 Å². The molecule has 1 aromatic heterocycles. The Labute approximate surface area is 113 Å². The fourth-order valence-corrected chi connectivity index (χ4v) is 1.72. The third-order valence-electron chi connectivity index (χ3n) is 2.67. The second-order valence-corrected chi connectivity index (χ2v) is 4.83. The molecule has 0 aliphatic rings. The molecule has 106 valence electrons. The third-order valence-corrected chi connectivity index (χ3v) is 2.67. The lowest BCUT2D eigenvalue weighted by Crippen LogP contribution is -2.42. The molecule has 2 N–H and O–H groups in total. The van der Waals surface area contributed by atoms with Crippen LogP contribution in [-0.2, 0) is 9.59 Å². The first-order valence-corrected chi connectivity index (χ1v) is 6.56. The van der Waals surface area contributed by atoms with Crippen LogP contribution in [-0.4, -0.2) is 27.6 Å². The van der Waals surface area contributed by atoms with Gasteiger partial charge in [0.2, 0.25) is 11.8 Å². The Morgan fingerprint density at radius 3 is 2.58 bits per heavy atom. The molecule has 0 bridgehead atoms. The molecule has 0 spiro atoms. The molecule has 1 rings (SSSR count). The molecule has 0 fully saturated rings. The normalized spacial score (nSPS) is 12.3. The highest BCUT2D eigenvalue weighted by atomic mass is 16.2. The van der Waals surface area contributed by atoms with Crippen molar-refractivity contribution in [1.29, 1.82) is 0 Å². The lowest BCUT2D eigenvalue weighted by atomic mass is 10.1. The molecule has 0 saturated carbocycles. The van der Waals surface area contributed by atoms with E-state index in [1.54, 1.807) is 17.1 Å². The second kappa shape index (κ2) is 6.92. The number of rotatable bonds is 6. The van der Waals surface area contributed by atoms with E-state index in [1.807, 2.05) is 20.8 Å². The summed E-state index contributed by atoms with van der Waals surface area (Å²) in [7, 11) is 0. The van der Waals surface area contributed by atoms with Gasteiger partial charge < -0.3 is 10.6 Å². The number of nitrogens with zero attached hydrogens (tertiary/aromatic N) is 2. The summed E-state index contributed by atoms with van der Waals surface area (Å²) in [5.74, 6) is -0.410. The maximum Gasteiger partial charge on any atom is 0.247 e. The van der Waals surface area contributed by atoms with Crippen LogP contribution in [0.4, 0.5) is 5.69 Å². The van der Waals surface area contributed by atoms with E-state index in [4.69, 9.17) is 0 Å². The van der Waals surface area contributed by atoms with Crippen LogP contribution in [0.15, 0.2) is 12.4 Å². The lowest BCUT2D eigenvalue weighted by molar-refractivity contribution is -0.125. The fraction of sp³-hybridized carbons (Fsp3) is 0.615. The summed E-state index contributed by atoms with van der Waals surface area (Å²) < 4.78 is 1.77. The number of carbonyl (C=O) groups excluding carboxylic acids is 2. The number of carbonyl (C=O) groups is 2. The first-order chi connectivity index (χ1) is 8.93. The zero-order valence-electron chi connectivity index (χ0n) is 11.9. The highest BCUT2D eigenvalue weighted by Crippen LogP contribution is 2.11. The van der Waals surface area contributed by atoms with Gasteiger partial charge in [-0.2, -0.15) is 5.10 Å². The third kappa shape index (κ3) is 4.73. The van der Waals surface area contributed by atoms with Gasteiger partial charge in [0.25, 0.3) is 0 Å². The highest BCUT2D eigenvalue weighted by Gasteiger charge is 2.19. The molecule has 0 aliphatic carbocycles. The van der Waals surface area contributed by atoms with Gasteiger partial charge in [-0.25, -0.2) is 0 Å². The van der Waals surface area contributed by atoms with Crippen LogP contribution < -0.4 is 10.6 Å². The van der Waals surface area contributed by atoms with Crippen LogP contribution >= 0.6 is 0 Å². The van der Waals surface area contributed by atoms with E-state index in [0.717, 1.165) is 6.42 Å². The number of hydrogen-bond donors (Lipinski definition) is 2. The predicted molar refractivity (Wildman–Crippen MR) is 73.8 cm³/mol. The van der Waals surface area contributed by atoms with Gasteiger partial charge >= 0.3 is 0 Å². The molecule has 1 aromatic rings. The minimum Gasteiger partial charge on any atom is -0.345 e. The summed E-state index contributed by atoms with van der Waals surface area (Å²) in [4.78, 5) is 23.1. The van der Waals surface area contributed by atoms with E-state index in [2.05, 4.69) is 15.7 Å². The standard InChI is InChI=1S/C13H22N4O2/c1-5-6-12(15-10(4)18)13(19)16-11-7-14-17(8-11)9(2)3/h7-9,12H,5-6H2,1-4H3,(H,15,18)(H,16,19). The van der Waals surface area contributed by atoms with Crippen molar-refractivity contribution in [2.75, 3.05) is 5.32 Å². The monoisotopic (exact) mass is 266 g/mol. The first-order valence-electron chi connectivity index (χ1n) is 6.56. The fourth-order valence-electron chi connectivity index (χ4n) is 1.72. The Bertz CT molecular complexity index is 440. The van der Waals surface area contributed by atoms with Crippen molar-refractivity contribution in [3.05, 3.63) is 12.4 Å². The van der Waals surface area contributed by atoms with Crippen molar-refractivity contribution in [1.82, 2.24) is 15.1 Å². The van der Waals surface area contributed by atoms with Gasteiger partial charge in [0.1, 0.15) is 6.04 Å². The first kappa shape index (κ1) is 15.2. The Morgan fingerprint density at radius 2 is 2.11 bits per heavy atom. The van der Waals surface area contributed by atoms with Gasteiger partial charge in [0, 0.05) is 19.2 Å². The Kier molecular flexibility index (Phi) is 5.54. The van der Waals surface area contributed by atoms with Crippen LogP contribution in [0.2, 0.25) is 0 Å². The summed E-state index contributed by atoms with van der Waals surface area (Å²) in [5, 5.41) is 9.57. The zero-order valence-corrected chi connectivity index (χ0v) is 11.9. The lowest BCUT2D eigenvalue weighted by Gasteiger charge is -2.16. The largest absolute Gasteiger partial charge is 0.345 e. The molecule has 2 amide bonds. The topological polar surface area (TPSA) is 76.0 Å². The van der Waals surface area contributed by atoms with E-state index in [-0.39, 0.29) is 17.9 Å². The smallest absolute Gasteiger partial charge is 0.247 e. The predicted octanol–water partition coefficient (Wildman–Crippen LogP) is 1.71. The van der Waals surface area contributed by atoms with Crippen LogP contribution in [0.5, 0.6) is 0 Å². The summed E-state index contributed by atoms with van der Waals surface area (Å²) >= 11 is 0. The minimum atomic E-state index is -0.495. The van der Waals surface area contributed by atoms with Crippen LogP contribution in [0.3, 0.4) is 0 Å². The maximum absolute atomic E-state index is 12.1. The van der Waals surface area contributed by atoms with E-state index < -0.39 is 6.04 Å². The van der Waals surface area contributed by atoms with Gasteiger partial charge in [0.15, 0.2) is 0 Å². The average Bonchev–Trinajstić information content (AvgIpc) is 2.76. The number of nitrogens with one attached hydrogen (secondary N) is 2. The van der Waals surface area contributed by atoms with Crippen molar-refractivity contribution in [2.45, 2.75) is 52.6 Å². The zero-order chi connectivity index (χ0) is 14.4. The van der Waals surface area contributed by atoms with Gasteiger partial charge in [0.05, 0.1) is 11.9 Å². The van der Waals surface area contributed by atoms with E-state index in [1.165, 1.54) is 6.92 Å². The van der Waals surface area contributed by atoms with Crippen molar-refractivity contribution in [3.63, 3.8) is 0 Å². The molecule has 1 heterocycles. The van der Waals surface area contributed by atoms with Crippen molar-refractivity contribution in [3.8, 4) is 0 Å². The Hall–Kier alpha value is -1.85. The minimum absolute atomic E-state index is 0.202. The SMILES string of the molecule is CCCC(NC(C)=O)C(=O)Nc1cnn(C(C)C)c1. The Morgan fingerprint density at radius 1 is 1.42 bits per heavy atom. The molecule has 0 aliphatic heterocycles. The van der Waals surface area contributed by atoms with E-state index in [0.29, 0.717) is 12.1 Å². The van der Waals surface area contributed by atoms with Crippen LogP contribution in [0.25, 0.3) is 0 Å². The molecule has 6 nitrogen and oxygen atoms in total. The second-order valence-electron chi connectivity index (χ2n) is 4.83. The number of hydrogen-bond acceptors (Lipinski definition) is 3. The summed E-state index contributed by atoms with van der Waals surface area (Å²) in [6.45, 7) is 7.40. The number of aromatic nitrogens is 2. The summed E-state index contributed by atoms with van der Waals surface area (Å²) in [6.07, 6.45) is 4.82. The molecule has 1 atom stereocenters. The molecule has 0 aromatic carbocycles. The van der Waals surface area contributed by atoms with Gasteiger partial charge in [-0.3, -0.25) is 14.3 Å². The van der Waals surface area contributed by atoms with Gasteiger partial charge in [-0.15, -0.1) is 0 Å². The van der Waals surface area contributed by atoms with E-state index in [9.17, 15) is 9.59 Å². The van der Waals surface area contributed by atoms with Gasteiger partial charge in [-0.05, 0) is 20.3 Å². The van der Waals surface area contributed by atoms with Crippen LogP contribution in [0.1, 0.15) is 46.6 Å². The quantitative estimate of drug-likeness (QED) is 0.823. The number of anilines is 1. The molecule has 0 saturated heterocycles. The molecular formula is C13H22N4O2. The van der Waals surface area contributed by atoms with E-state index >= 15 is 0 Å². The highest BCUT2D eigenvalue weighted by molar-refractivity contribution is 5.96. The maximum atomic E-state index is 12.1. The average molecular weight is 266 g/mol. The Balaban J connectivity index is 2.66. The number of amides is 2. The van der Waals surface area contributed by atoms with Crippen molar-refractivity contribution in [2.24, 2.45) is 0 Å². The molecular weight excluding hydrogens is 244 g/mol. The molecule has 19 heavy (non-hydrogen) atoms. The van der Waals surface area contributed by atoms with Gasteiger partial charge in [-0.1, -0.05) is 13.3 Å². The van der Waals surface area contributed by atoms with Crippen LogP contribution in [0, 0.1) is 0 Å². The molecule has 0 radical (unpaired) electrons. The molecule has 1 unspecified atom stereocenters.